The number of ether oxygens (including phenoxy) is 2. The van der Waals surface area contributed by atoms with Crippen LogP contribution in [0.1, 0.15) is 46.7 Å². The number of hydrogen-bond acceptors (Lipinski definition) is 6. The van der Waals surface area contributed by atoms with Gasteiger partial charge in [-0.05, 0) is 32.4 Å². The van der Waals surface area contributed by atoms with Gasteiger partial charge < -0.3 is 9.47 Å². The van der Waals surface area contributed by atoms with Gasteiger partial charge >= 0.3 is 5.97 Å². The molecule has 3 aliphatic rings. The predicted octanol–water partition coefficient (Wildman–Crippen LogP) is 1.56. The van der Waals surface area contributed by atoms with Crippen LogP contribution in [-0.4, -0.2) is 40.3 Å². The summed E-state index contributed by atoms with van der Waals surface area (Å²) in [7, 11) is 0. The van der Waals surface area contributed by atoms with Gasteiger partial charge in [0.1, 0.15) is 11.8 Å². The van der Waals surface area contributed by atoms with Gasteiger partial charge in [0.2, 0.25) is 5.78 Å². The van der Waals surface area contributed by atoms with E-state index in [9.17, 15) is 14.4 Å². The van der Waals surface area contributed by atoms with Crippen LogP contribution in [0.3, 0.4) is 0 Å². The quantitative estimate of drug-likeness (QED) is 0.676. The molecule has 1 aromatic heterocycles. The van der Waals surface area contributed by atoms with Crippen molar-refractivity contribution in [3.8, 4) is 0 Å². The van der Waals surface area contributed by atoms with Crippen molar-refractivity contribution in [1.82, 2.24) is 4.98 Å². The second-order valence-electron chi connectivity index (χ2n) is 6.58. The number of Topliss-reactive ketones (excluding diaryl/α,β-unsaturated/α-hetero) is 2. The third-order valence-electron chi connectivity index (χ3n) is 4.64. The molecule has 2 atom stereocenters. The van der Waals surface area contributed by atoms with Gasteiger partial charge in [0.15, 0.2) is 11.9 Å². The molecule has 1 aromatic rings. The zero-order chi connectivity index (χ0) is 16.5. The molecule has 1 aliphatic carbocycles. The molecule has 0 radical (unpaired) electrons. The third-order valence-corrected chi connectivity index (χ3v) is 4.64. The normalized spacial score (nSPS) is 28.2. The average Bonchev–Trinajstić information content (AvgIpc) is 2.81. The Kier molecular flexibility index (Phi) is 2.70. The first-order chi connectivity index (χ1) is 10.8. The second kappa shape index (κ2) is 4.35. The van der Waals surface area contributed by atoms with Crippen molar-refractivity contribution in [1.29, 1.82) is 0 Å². The summed E-state index contributed by atoms with van der Waals surface area (Å²) >= 11 is 0. The van der Waals surface area contributed by atoms with Crippen LogP contribution < -0.4 is 0 Å². The van der Waals surface area contributed by atoms with E-state index >= 15 is 0 Å². The molecular formula is C17H15NO5. The van der Waals surface area contributed by atoms with Crippen molar-refractivity contribution < 1.29 is 23.9 Å². The molecule has 6 nitrogen and oxygen atoms in total. The Labute approximate surface area is 132 Å². The van der Waals surface area contributed by atoms with Gasteiger partial charge in [-0.3, -0.25) is 19.4 Å². The average molecular weight is 313 g/mol. The maximum Gasteiger partial charge on any atom is 0.309 e. The Hall–Kier alpha value is -2.34. The summed E-state index contributed by atoms with van der Waals surface area (Å²) < 4.78 is 11.2. The molecule has 0 unspecified atom stereocenters. The highest BCUT2D eigenvalue weighted by Crippen LogP contribution is 2.44. The maximum atomic E-state index is 13.1. The highest BCUT2D eigenvalue weighted by molar-refractivity contribution is 6.28. The first-order valence-corrected chi connectivity index (χ1v) is 7.48. The number of nitrogens with zero attached hydrogens (tertiary/aromatic N) is 1. The summed E-state index contributed by atoms with van der Waals surface area (Å²) in [4.78, 5) is 41.8. The molecule has 0 saturated carbocycles. The summed E-state index contributed by atoms with van der Waals surface area (Å²) in [6, 6.07) is 1.69. The number of aryl methyl sites for hydroxylation is 1. The minimum Gasteiger partial charge on any atom is -0.454 e. The van der Waals surface area contributed by atoms with Gasteiger partial charge in [0, 0.05) is 11.8 Å². The summed E-state index contributed by atoms with van der Waals surface area (Å²) in [5.41, 5.74) is 0.670. The largest absolute Gasteiger partial charge is 0.454 e. The molecule has 6 heteroatoms. The Morgan fingerprint density at radius 1 is 1.22 bits per heavy atom. The lowest BCUT2D eigenvalue weighted by Crippen LogP contribution is -2.50. The summed E-state index contributed by atoms with van der Waals surface area (Å²) in [5, 5.41) is 0. The van der Waals surface area contributed by atoms with Gasteiger partial charge in [0.05, 0.1) is 23.2 Å². The van der Waals surface area contributed by atoms with Gasteiger partial charge in [-0.1, -0.05) is 0 Å². The van der Waals surface area contributed by atoms with Gasteiger partial charge in [-0.15, -0.1) is 0 Å². The van der Waals surface area contributed by atoms with E-state index in [0.717, 1.165) is 0 Å². The molecule has 23 heavy (non-hydrogen) atoms. The number of ketones is 2. The molecule has 1 saturated heterocycles. The number of pyridine rings is 1. The topological polar surface area (TPSA) is 82.6 Å². The van der Waals surface area contributed by atoms with Crippen LogP contribution >= 0.6 is 0 Å². The molecule has 0 bridgehead atoms. The van der Waals surface area contributed by atoms with E-state index < -0.39 is 23.8 Å². The van der Waals surface area contributed by atoms with Gasteiger partial charge in [0.25, 0.3) is 0 Å². The SMILES string of the molecule is Cc1ccnc2c1C(=O)C1=C(C2=O)C(C)(C)O[C@@H]2CC(=O)O[C@H]12. The van der Waals surface area contributed by atoms with Crippen molar-refractivity contribution in [2.45, 2.75) is 45.0 Å². The molecule has 1 fully saturated rings. The Morgan fingerprint density at radius 2 is 1.96 bits per heavy atom. The number of carbonyl (C=O) groups is 3. The number of rotatable bonds is 0. The zero-order valence-electron chi connectivity index (χ0n) is 13.0. The van der Waals surface area contributed by atoms with Crippen LogP contribution in [0.5, 0.6) is 0 Å². The van der Waals surface area contributed by atoms with E-state index in [1.165, 1.54) is 6.20 Å². The van der Waals surface area contributed by atoms with Gasteiger partial charge in [-0.2, -0.15) is 0 Å². The molecule has 4 rings (SSSR count). The Morgan fingerprint density at radius 3 is 2.70 bits per heavy atom. The fourth-order valence-corrected chi connectivity index (χ4v) is 3.70. The predicted molar refractivity (Wildman–Crippen MR) is 78.1 cm³/mol. The smallest absolute Gasteiger partial charge is 0.309 e. The minimum absolute atomic E-state index is 0.0885. The number of hydrogen-bond donors (Lipinski definition) is 0. The van der Waals surface area contributed by atoms with E-state index in [4.69, 9.17) is 9.47 Å². The van der Waals surface area contributed by atoms with Crippen LogP contribution in [0.2, 0.25) is 0 Å². The molecule has 0 N–H and O–H groups in total. The summed E-state index contributed by atoms with van der Waals surface area (Å²) in [6.07, 6.45) is 0.256. The fraction of sp³-hybridized carbons (Fsp3) is 0.412. The number of carbonyl (C=O) groups excluding carboxylic acids is 3. The number of aromatic nitrogens is 1. The molecule has 0 spiro atoms. The zero-order valence-corrected chi connectivity index (χ0v) is 13.0. The van der Waals surface area contributed by atoms with E-state index in [-0.39, 0.29) is 34.8 Å². The standard InChI is InChI=1S/C17H15NO5/c1-7-4-5-18-13-10(7)14(20)11-12(15(13)21)17(2,3)23-8-6-9(19)22-16(8)11/h4-5,8,16H,6H2,1-3H3/t8-,16+/m1/s1. The second-order valence-corrected chi connectivity index (χ2v) is 6.58. The van der Waals surface area contributed by atoms with E-state index in [1.54, 1.807) is 26.8 Å². The van der Waals surface area contributed by atoms with E-state index in [2.05, 4.69) is 4.98 Å². The molecule has 0 amide bonds. The van der Waals surface area contributed by atoms with Crippen molar-refractivity contribution in [3.05, 3.63) is 40.2 Å². The van der Waals surface area contributed by atoms with Crippen molar-refractivity contribution in [3.63, 3.8) is 0 Å². The maximum absolute atomic E-state index is 13.1. The van der Waals surface area contributed by atoms with Crippen LogP contribution in [0.15, 0.2) is 23.4 Å². The number of fused-ring (bicyclic) bond motifs is 3. The first kappa shape index (κ1) is 14.3. The molecular weight excluding hydrogens is 298 g/mol. The minimum atomic E-state index is -0.972. The fourth-order valence-electron chi connectivity index (χ4n) is 3.70. The molecule has 118 valence electrons. The monoisotopic (exact) mass is 313 g/mol. The summed E-state index contributed by atoms with van der Waals surface area (Å²) in [6.45, 7) is 5.22. The van der Waals surface area contributed by atoms with Crippen LogP contribution in [-0.2, 0) is 14.3 Å². The van der Waals surface area contributed by atoms with Crippen LogP contribution in [0.4, 0.5) is 0 Å². The van der Waals surface area contributed by atoms with E-state index in [0.29, 0.717) is 11.1 Å². The van der Waals surface area contributed by atoms with Gasteiger partial charge in [-0.25, -0.2) is 0 Å². The third kappa shape index (κ3) is 1.78. The molecule has 2 aliphatic heterocycles. The lowest BCUT2D eigenvalue weighted by Gasteiger charge is -2.41. The lowest BCUT2D eigenvalue weighted by molar-refractivity contribution is -0.141. The van der Waals surface area contributed by atoms with Crippen molar-refractivity contribution in [2.24, 2.45) is 0 Å². The highest BCUT2D eigenvalue weighted by Gasteiger charge is 2.54. The molecule has 0 aromatic carbocycles. The summed E-state index contributed by atoms with van der Waals surface area (Å²) in [5.74, 6) is -1.04. The lowest BCUT2D eigenvalue weighted by atomic mass is 9.74. The Bertz CT molecular complexity index is 820. The van der Waals surface area contributed by atoms with Crippen LogP contribution in [0, 0.1) is 6.92 Å². The van der Waals surface area contributed by atoms with Crippen molar-refractivity contribution in [2.75, 3.05) is 0 Å². The van der Waals surface area contributed by atoms with Crippen LogP contribution in [0.25, 0.3) is 0 Å². The Balaban J connectivity index is 1.99. The first-order valence-electron chi connectivity index (χ1n) is 7.48. The van der Waals surface area contributed by atoms with Crippen molar-refractivity contribution >= 4 is 17.5 Å². The molecule has 3 heterocycles. The number of esters is 1. The van der Waals surface area contributed by atoms with E-state index in [1.807, 2.05) is 0 Å². The highest BCUT2D eigenvalue weighted by atomic mass is 16.6.